The average molecular weight is 328 g/mol. The predicted octanol–water partition coefficient (Wildman–Crippen LogP) is 3.34. The molecule has 0 fully saturated rings. The topological polar surface area (TPSA) is 71.2 Å². The zero-order valence-corrected chi connectivity index (χ0v) is 14.8. The third-order valence-electron chi connectivity index (χ3n) is 4.27. The van der Waals surface area contributed by atoms with Gasteiger partial charge < -0.3 is 15.0 Å². The average Bonchev–Trinajstić information content (AvgIpc) is 2.88. The van der Waals surface area contributed by atoms with Crippen LogP contribution >= 0.6 is 0 Å². The molecule has 0 amide bonds. The number of carbonyl (C=O) groups excluding carboxylic acids is 2. The highest BCUT2D eigenvalue weighted by Crippen LogP contribution is 2.21. The number of esters is 1. The first-order valence-electron chi connectivity index (χ1n) is 7.99. The molecule has 2 atom stereocenters. The van der Waals surface area contributed by atoms with Crippen LogP contribution in [-0.4, -0.2) is 29.9 Å². The summed E-state index contributed by atoms with van der Waals surface area (Å²) in [5.74, 6) is -0.507. The van der Waals surface area contributed by atoms with E-state index in [0.717, 1.165) is 5.56 Å². The molecule has 0 aliphatic rings. The molecule has 0 saturated heterocycles. The van der Waals surface area contributed by atoms with E-state index in [1.54, 1.807) is 13.8 Å². The summed E-state index contributed by atoms with van der Waals surface area (Å²) in [6, 6.07) is 9.61. The predicted molar refractivity (Wildman–Crippen MR) is 93.4 cm³/mol. The Bertz CT molecular complexity index is 735. The second-order valence-electron chi connectivity index (χ2n) is 6.00. The van der Waals surface area contributed by atoms with Gasteiger partial charge in [0.1, 0.15) is 0 Å². The fraction of sp³-hybridized carbons (Fsp3) is 0.368. The van der Waals surface area contributed by atoms with Crippen molar-refractivity contribution in [2.45, 2.75) is 39.8 Å². The summed E-state index contributed by atoms with van der Waals surface area (Å²) in [5.41, 5.74) is 3.28. The molecule has 5 heteroatoms. The molecule has 0 aliphatic carbocycles. The lowest BCUT2D eigenvalue weighted by atomic mass is 10.0. The van der Waals surface area contributed by atoms with Gasteiger partial charge in [0.25, 0.3) is 0 Å². The number of nitrogens with one attached hydrogen (secondary N) is 2. The SMILES string of the molecule is COC(=O)c1c(C)[nH]c(C(=O)[C@H](C)N[C@@H](C)c2ccccc2)c1C. The number of aryl methyl sites for hydroxylation is 1. The van der Waals surface area contributed by atoms with Gasteiger partial charge in [0.15, 0.2) is 5.78 Å². The van der Waals surface area contributed by atoms with E-state index in [2.05, 4.69) is 10.3 Å². The molecule has 2 aromatic rings. The van der Waals surface area contributed by atoms with E-state index in [1.165, 1.54) is 7.11 Å². The molecule has 24 heavy (non-hydrogen) atoms. The number of ether oxygens (including phenoxy) is 1. The summed E-state index contributed by atoms with van der Waals surface area (Å²) in [6.45, 7) is 7.37. The summed E-state index contributed by atoms with van der Waals surface area (Å²) in [7, 11) is 1.33. The number of carbonyl (C=O) groups is 2. The molecule has 2 N–H and O–H groups in total. The van der Waals surface area contributed by atoms with Gasteiger partial charge in [0, 0.05) is 11.7 Å². The van der Waals surface area contributed by atoms with Gasteiger partial charge in [0.05, 0.1) is 24.4 Å². The zero-order chi connectivity index (χ0) is 17.9. The number of ketones is 1. The Balaban J connectivity index is 2.18. The largest absolute Gasteiger partial charge is 0.465 e. The van der Waals surface area contributed by atoms with Gasteiger partial charge in [-0.05, 0) is 38.8 Å². The van der Waals surface area contributed by atoms with Crippen molar-refractivity contribution in [1.29, 1.82) is 0 Å². The maximum atomic E-state index is 12.8. The third kappa shape index (κ3) is 3.57. The highest BCUT2D eigenvalue weighted by atomic mass is 16.5. The second-order valence-corrected chi connectivity index (χ2v) is 6.00. The van der Waals surface area contributed by atoms with Crippen molar-refractivity contribution in [2.75, 3.05) is 7.11 Å². The number of Topliss-reactive ketones (excluding diaryl/α,β-unsaturated/α-hetero) is 1. The van der Waals surface area contributed by atoms with E-state index >= 15 is 0 Å². The lowest BCUT2D eigenvalue weighted by molar-refractivity contribution is 0.0599. The minimum atomic E-state index is -0.432. The quantitative estimate of drug-likeness (QED) is 0.630. The first-order valence-corrected chi connectivity index (χ1v) is 7.99. The molecule has 0 bridgehead atoms. The Morgan fingerprint density at radius 2 is 1.75 bits per heavy atom. The number of aromatic nitrogens is 1. The molecule has 1 heterocycles. The molecule has 1 aromatic carbocycles. The fourth-order valence-electron chi connectivity index (χ4n) is 2.91. The van der Waals surface area contributed by atoms with Crippen LogP contribution in [0, 0.1) is 13.8 Å². The summed E-state index contributed by atoms with van der Waals surface area (Å²) < 4.78 is 4.79. The van der Waals surface area contributed by atoms with Gasteiger partial charge in [-0.3, -0.25) is 4.79 Å². The summed E-state index contributed by atoms with van der Waals surface area (Å²) in [6.07, 6.45) is 0. The van der Waals surface area contributed by atoms with Crippen LogP contribution in [0.5, 0.6) is 0 Å². The monoisotopic (exact) mass is 328 g/mol. The van der Waals surface area contributed by atoms with Crippen molar-refractivity contribution in [1.82, 2.24) is 10.3 Å². The number of hydrogen-bond donors (Lipinski definition) is 2. The van der Waals surface area contributed by atoms with E-state index in [-0.39, 0.29) is 17.9 Å². The molecule has 0 spiro atoms. The molecule has 1 aromatic heterocycles. The van der Waals surface area contributed by atoms with Crippen molar-refractivity contribution >= 4 is 11.8 Å². The Morgan fingerprint density at radius 3 is 2.33 bits per heavy atom. The van der Waals surface area contributed by atoms with Crippen LogP contribution in [0.1, 0.15) is 57.6 Å². The summed E-state index contributed by atoms with van der Waals surface area (Å²) in [5, 5.41) is 3.31. The third-order valence-corrected chi connectivity index (χ3v) is 4.27. The smallest absolute Gasteiger partial charge is 0.339 e. The molecule has 0 radical (unpaired) electrons. The van der Waals surface area contributed by atoms with E-state index in [0.29, 0.717) is 22.5 Å². The second kappa shape index (κ2) is 7.45. The van der Waals surface area contributed by atoms with Crippen LogP contribution in [0.4, 0.5) is 0 Å². The minimum absolute atomic E-state index is 0.0431. The van der Waals surface area contributed by atoms with Crippen molar-refractivity contribution in [3.8, 4) is 0 Å². The Kier molecular flexibility index (Phi) is 5.57. The number of benzene rings is 1. The maximum absolute atomic E-state index is 12.8. The van der Waals surface area contributed by atoms with Crippen molar-refractivity contribution in [3.63, 3.8) is 0 Å². The van der Waals surface area contributed by atoms with E-state index in [1.807, 2.05) is 44.2 Å². The molecular weight excluding hydrogens is 304 g/mol. The fourth-order valence-corrected chi connectivity index (χ4v) is 2.91. The van der Waals surface area contributed by atoms with E-state index in [4.69, 9.17) is 4.74 Å². The molecule has 5 nitrogen and oxygen atoms in total. The normalized spacial score (nSPS) is 13.4. The first kappa shape index (κ1) is 17.9. The van der Waals surface area contributed by atoms with Crippen molar-refractivity contribution in [2.24, 2.45) is 0 Å². The van der Waals surface area contributed by atoms with Crippen LogP contribution in [-0.2, 0) is 4.74 Å². The number of rotatable bonds is 6. The van der Waals surface area contributed by atoms with Crippen LogP contribution in [0.2, 0.25) is 0 Å². The van der Waals surface area contributed by atoms with Gasteiger partial charge in [0.2, 0.25) is 0 Å². The van der Waals surface area contributed by atoms with Crippen molar-refractivity contribution in [3.05, 3.63) is 58.4 Å². The van der Waals surface area contributed by atoms with Gasteiger partial charge in [-0.25, -0.2) is 4.79 Å². The summed E-state index contributed by atoms with van der Waals surface area (Å²) in [4.78, 5) is 27.6. The number of H-pyrrole nitrogens is 1. The highest BCUT2D eigenvalue weighted by molar-refractivity contribution is 6.03. The van der Waals surface area contributed by atoms with Gasteiger partial charge in [-0.1, -0.05) is 30.3 Å². The molecule has 0 saturated carbocycles. The number of hydrogen-bond acceptors (Lipinski definition) is 4. The number of methoxy groups -OCH3 is 1. The van der Waals surface area contributed by atoms with Gasteiger partial charge >= 0.3 is 5.97 Å². The Morgan fingerprint density at radius 1 is 1.12 bits per heavy atom. The number of aromatic amines is 1. The van der Waals surface area contributed by atoms with Crippen LogP contribution < -0.4 is 5.32 Å². The molecular formula is C19H24N2O3. The van der Waals surface area contributed by atoms with Crippen molar-refractivity contribution < 1.29 is 14.3 Å². The molecule has 0 aliphatic heterocycles. The van der Waals surface area contributed by atoms with E-state index < -0.39 is 5.97 Å². The molecule has 0 unspecified atom stereocenters. The minimum Gasteiger partial charge on any atom is -0.465 e. The Labute approximate surface area is 142 Å². The van der Waals surface area contributed by atoms with Gasteiger partial charge in [-0.2, -0.15) is 0 Å². The lowest BCUT2D eigenvalue weighted by Crippen LogP contribution is -2.36. The standard InChI is InChI=1S/C19H24N2O3/c1-11-16(19(23)24-5)13(3)21-17(11)18(22)14(4)20-12(2)15-9-7-6-8-10-15/h6-10,12,14,20-21H,1-5H3/t12-,14-/m0/s1. The van der Waals surface area contributed by atoms with Gasteiger partial charge in [-0.15, -0.1) is 0 Å². The highest BCUT2D eigenvalue weighted by Gasteiger charge is 2.26. The summed E-state index contributed by atoms with van der Waals surface area (Å²) >= 11 is 0. The zero-order valence-electron chi connectivity index (χ0n) is 14.8. The van der Waals surface area contributed by atoms with Crippen LogP contribution in [0.25, 0.3) is 0 Å². The Hall–Kier alpha value is -2.40. The maximum Gasteiger partial charge on any atom is 0.339 e. The lowest BCUT2D eigenvalue weighted by Gasteiger charge is -2.19. The van der Waals surface area contributed by atoms with Crippen LogP contribution in [0.3, 0.4) is 0 Å². The molecule has 128 valence electrons. The molecule has 2 rings (SSSR count). The van der Waals surface area contributed by atoms with E-state index in [9.17, 15) is 9.59 Å². The first-order chi connectivity index (χ1) is 11.4. The van der Waals surface area contributed by atoms with Crippen LogP contribution in [0.15, 0.2) is 30.3 Å².